The summed E-state index contributed by atoms with van der Waals surface area (Å²) in [5.41, 5.74) is 7.62. The molecule has 96 valence electrons. The van der Waals surface area contributed by atoms with Gasteiger partial charge in [0.2, 0.25) is 11.5 Å². The van der Waals surface area contributed by atoms with E-state index in [9.17, 15) is 4.79 Å². The molecule has 0 spiro atoms. The van der Waals surface area contributed by atoms with Crippen molar-refractivity contribution in [3.8, 4) is 0 Å². The van der Waals surface area contributed by atoms with E-state index in [1.807, 2.05) is 6.92 Å². The number of nitrogens with two attached hydrogens (primary N) is 1. The Morgan fingerprint density at radius 1 is 1.56 bits per heavy atom. The van der Waals surface area contributed by atoms with Gasteiger partial charge in [-0.3, -0.25) is 9.89 Å². The van der Waals surface area contributed by atoms with Crippen molar-refractivity contribution in [2.45, 2.75) is 19.8 Å². The standard InChI is InChI=1S/C10H14N6O2/c1-6-7(5-13-14-6)3-2-4-12-10(17)8-9(11)16-18-15-8/h5H,2-4H2,1H3,(H2,11,16)(H,12,17)(H,13,14). The van der Waals surface area contributed by atoms with E-state index in [0.29, 0.717) is 6.54 Å². The summed E-state index contributed by atoms with van der Waals surface area (Å²) >= 11 is 0. The van der Waals surface area contributed by atoms with Crippen LogP contribution in [-0.2, 0) is 6.42 Å². The quantitative estimate of drug-likeness (QED) is 0.644. The first-order chi connectivity index (χ1) is 8.68. The summed E-state index contributed by atoms with van der Waals surface area (Å²) in [7, 11) is 0. The molecule has 0 aliphatic rings. The Bertz CT molecular complexity index is 532. The molecule has 0 aliphatic carbocycles. The zero-order valence-corrected chi connectivity index (χ0v) is 9.93. The summed E-state index contributed by atoms with van der Waals surface area (Å²) in [6.07, 6.45) is 3.43. The minimum atomic E-state index is -0.377. The number of hydrogen-bond acceptors (Lipinski definition) is 6. The van der Waals surface area contributed by atoms with Gasteiger partial charge in [0.05, 0.1) is 6.20 Å². The molecule has 0 saturated heterocycles. The first-order valence-corrected chi connectivity index (χ1v) is 5.53. The molecule has 4 N–H and O–H groups in total. The van der Waals surface area contributed by atoms with Crippen LogP contribution < -0.4 is 11.1 Å². The number of aromatic amines is 1. The van der Waals surface area contributed by atoms with Crippen molar-refractivity contribution in [3.05, 3.63) is 23.1 Å². The lowest BCUT2D eigenvalue weighted by Crippen LogP contribution is -2.25. The van der Waals surface area contributed by atoms with Crippen LogP contribution in [0.5, 0.6) is 0 Å². The maximum Gasteiger partial charge on any atom is 0.277 e. The first-order valence-electron chi connectivity index (χ1n) is 5.53. The maximum atomic E-state index is 11.6. The van der Waals surface area contributed by atoms with Crippen molar-refractivity contribution in [3.63, 3.8) is 0 Å². The third-order valence-corrected chi connectivity index (χ3v) is 2.57. The lowest BCUT2D eigenvalue weighted by Gasteiger charge is -2.02. The highest BCUT2D eigenvalue weighted by Gasteiger charge is 2.14. The lowest BCUT2D eigenvalue weighted by molar-refractivity contribution is 0.0944. The van der Waals surface area contributed by atoms with Crippen LogP contribution in [-0.4, -0.2) is 33.0 Å². The second-order valence-electron chi connectivity index (χ2n) is 3.88. The molecule has 0 radical (unpaired) electrons. The van der Waals surface area contributed by atoms with Gasteiger partial charge in [-0.05, 0) is 35.6 Å². The third-order valence-electron chi connectivity index (χ3n) is 2.57. The van der Waals surface area contributed by atoms with Gasteiger partial charge in [-0.1, -0.05) is 0 Å². The van der Waals surface area contributed by atoms with Crippen LogP contribution in [0, 0.1) is 6.92 Å². The van der Waals surface area contributed by atoms with Crippen molar-refractivity contribution < 1.29 is 9.42 Å². The number of aromatic nitrogens is 4. The number of amides is 1. The van der Waals surface area contributed by atoms with Gasteiger partial charge in [-0.25, -0.2) is 4.63 Å². The Labute approximate surface area is 103 Å². The predicted molar refractivity (Wildman–Crippen MR) is 62.7 cm³/mol. The van der Waals surface area contributed by atoms with E-state index < -0.39 is 0 Å². The molecular formula is C10H14N6O2. The number of aryl methyl sites for hydroxylation is 2. The molecule has 0 fully saturated rings. The van der Waals surface area contributed by atoms with Gasteiger partial charge < -0.3 is 11.1 Å². The van der Waals surface area contributed by atoms with Crippen LogP contribution in [0.2, 0.25) is 0 Å². The molecular weight excluding hydrogens is 236 g/mol. The minimum Gasteiger partial charge on any atom is -0.379 e. The van der Waals surface area contributed by atoms with Crippen LogP contribution >= 0.6 is 0 Å². The van der Waals surface area contributed by atoms with E-state index in [4.69, 9.17) is 5.73 Å². The number of hydrogen-bond donors (Lipinski definition) is 3. The Morgan fingerprint density at radius 3 is 3.00 bits per heavy atom. The number of rotatable bonds is 5. The number of H-pyrrole nitrogens is 1. The lowest BCUT2D eigenvalue weighted by atomic mass is 10.1. The molecule has 2 heterocycles. The molecule has 2 rings (SSSR count). The van der Waals surface area contributed by atoms with Crippen LogP contribution in [0.4, 0.5) is 5.82 Å². The third kappa shape index (κ3) is 2.65. The van der Waals surface area contributed by atoms with E-state index in [1.54, 1.807) is 6.20 Å². The van der Waals surface area contributed by atoms with Crippen molar-refractivity contribution in [1.82, 2.24) is 25.8 Å². The molecule has 1 amide bonds. The zero-order valence-electron chi connectivity index (χ0n) is 9.93. The van der Waals surface area contributed by atoms with Gasteiger partial charge in [0.25, 0.3) is 5.91 Å². The topological polar surface area (TPSA) is 123 Å². The molecule has 18 heavy (non-hydrogen) atoms. The predicted octanol–water partition coefficient (Wildman–Crippen LogP) is 0.0459. The fourth-order valence-electron chi connectivity index (χ4n) is 1.55. The van der Waals surface area contributed by atoms with Gasteiger partial charge in [0, 0.05) is 12.2 Å². The Balaban J connectivity index is 1.75. The number of nitrogen functional groups attached to an aromatic ring is 1. The summed E-state index contributed by atoms with van der Waals surface area (Å²) in [6, 6.07) is 0. The molecule has 0 atom stereocenters. The Morgan fingerprint density at radius 2 is 2.39 bits per heavy atom. The molecule has 0 bridgehead atoms. The van der Waals surface area contributed by atoms with Gasteiger partial charge in [-0.15, -0.1) is 0 Å². The van der Waals surface area contributed by atoms with Crippen molar-refractivity contribution >= 4 is 11.7 Å². The highest BCUT2D eigenvalue weighted by Crippen LogP contribution is 2.06. The summed E-state index contributed by atoms with van der Waals surface area (Å²) in [6.45, 7) is 2.48. The molecule has 8 nitrogen and oxygen atoms in total. The largest absolute Gasteiger partial charge is 0.379 e. The summed E-state index contributed by atoms with van der Waals surface area (Å²) in [5.74, 6) is -0.379. The normalized spacial score (nSPS) is 10.5. The van der Waals surface area contributed by atoms with Crippen LogP contribution in [0.25, 0.3) is 0 Å². The maximum absolute atomic E-state index is 11.6. The number of anilines is 1. The number of carbonyl (C=O) groups is 1. The van der Waals surface area contributed by atoms with E-state index in [2.05, 4.69) is 30.5 Å². The van der Waals surface area contributed by atoms with Gasteiger partial charge in [0.15, 0.2) is 0 Å². The smallest absolute Gasteiger partial charge is 0.277 e. The van der Waals surface area contributed by atoms with E-state index in [0.717, 1.165) is 24.1 Å². The van der Waals surface area contributed by atoms with Crippen LogP contribution in [0.1, 0.15) is 28.2 Å². The molecule has 0 aliphatic heterocycles. The number of carbonyl (C=O) groups excluding carboxylic acids is 1. The van der Waals surface area contributed by atoms with Crippen molar-refractivity contribution in [2.24, 2.45) is 0 Å². The fourth-order valence-corrected chi connectivity index (χ4v) is 1.55. The molecule has 0 aromatic carbocycles. The summed E-state index contributed by atoms with van der Waals surface area (Å²) in [4.78, 5) is 11.6. The minimum absolute atomic E-state index is 0.00169. The van der Waals surface area contributed by atoms with Crippen molar-refractivity contribution in [1.29, 1.82) is 0 Å². The van der Waals surface area contributed by atoms with Crippen LogP contribution in [0.15, 0.2) is 10.8 Å². The fraction of sp³-hybridized carbons (Fsp3) is 0.400. The van der Waals surface area contributed by atoms with Crippen LogP contribution in [0.3, 0.4) is 0 Å². The SMILES string of the molecule is Cc1[nH]ncc1CCCNC(=O)c1nonc1N. The average Bonchev–Trinajstić information content (AvgIpc) is 2.94. The summed E-state index contributed by atoms with van der Waals surface area (Å²) < 4.78 is 4.35. The van der Waals surface area contributed by atoms with Gasteiger partial charge >= 0.3 is 0 Å². The monoisotopic (exact) mass is 250 g/mol. The second kappa shape index (κ2) is 5.30. The molecule has 2 aromatic rings. The molecule has 0 unspecified atom stereocenters. The Kier molecular flexibility index (Phi) is 3.56. The Hall–Kier alpha value is -2.38. The van der Waals surface area contributed by atoms with Gasteiger partial charge in [-0.2, -0.15) is 5.10 Å². The molecule has 0 saturated carbocycles. The highest BCUT2D eigenvalue weighted by molar-refractivity contribution is 5.95. The highest BCUT2D eigenvalue weighted by atomic mass is 16.6. The first kappa shape index (κ1) is 12.1. The second-order valence-corrected chi connectivity index (χ2v) is 3.88. The molecule has 2 aromatic heterocycles. The van der Waals surface area contributed by atoms with E-state index in [-0.39, 0.29) is 17.4 Å². The zero-order chi connectivity index (χ0) is 13.0. The van der Waals surface area contributed by atoms with Crippen molar-refractivity contribution in [2.75, 3.05) is 12.3 Å². The van der Waals surface area contributed by atoms with E-state index >= 15 is 0 Å². The van der Waals surface area contributed by atoms with E-state index in [1.165, 1.54) is 0 Å². The summed E-state index contributed by atoms with van der Waals surface area (Å²) in [5, 5.41) is 16.2. The average molecular weight is 250 g/mol. The van der Waals surface area contributed by atoms with Gasteiger partial charge in [0.1, 0.15) is 0 Å². The number of nitrogens with zero attached hydrogens (tertiary/aromatic N) is 3. The number of nitrogens with one attached hydrogen (secondary N) is 2. The molecule has 8 heteroatoms.